The average Bonchev–Trinajstić information content (AvgIpc) is 3.11. The molecule has 0 saturated carbocycles. The van der Waals surface area contributed by atoms with E-state index in [9.17, 15) is 0 Å². The summed E-state index contributed by atoms with van der Waals surface area (Å²) < 4.78 is 5.88. The molecule has 0 N–H and O–H groups in total. The Morgan fingerprint density at radius 1 is 0.885 bits per heavy atom. The lowest BCUT2D eigenvalue weighted by Gasteiger charge is -2.35. The molecule has 0 spiro atoms. The third kappa shape index (κ3) is 3.78. The van der Waals surface area contributed by atoms with Crippen LogP contribution in [0.15, 0.2) is 52.9 Å². The van der Waals surface area contributed by atoms with E-state index in [2.05, 4.69) is 70.2 Å². The van der Waals surface area contributed by atoms with E-state index >= 15 is 0 Å². The highest BCUT2D eigenvalue weighted by Crippen LogP contribution is 2.21. The zero-order chi connectivity index (χ0) is 17.9. The van der Waals surface area contributed by atoms with E-state index in [-0.39, 0.29) is 0 Å². The summed E-state index contributed by atoms with van der Waals surface area (Å²) in [6, 6.07) is 16.9. The van der Waals surface area contributed by atoms with Crippen LogP contribution in [0.1, 0.15) is 17.0 Å². The van der Waals surface area contributed by atoms with Crippen LogP contribution in [0.5, 0.6) is 0 Å². The third-order valence-electron chi connectivity index (χ3n) is 4.83. The highest BCUT2D eigenvalue weighted by atomic mass is 16.4. The van der Waals surface area contributed by atoms with E-state index in [1.165, 1.54) is 16.8 Å². The smallest absolute Gasteiger partial charge is 0.247 e. The largest absolute Gasteiger partial charge is 0.419 e. The van der Waals surface area contributed by atoms with Gasteiger partial charge in [-0.05, 0) is 43.7 Å². The summed E-state index contributed by atoms with van der Waals surface area (Å²) in [4.78, 5) is 4.81. The van der Waals surface area contributed by atoms with Crippen LogP contribution >= 0.6 is 0 Å². The number of aromatic nitrogens is 2. The molecule has 2 heterocycles. The minimum atomic E-state index is 0.599. The number of rotatable bonds is 4. The number of hydrogen-bond acceptors (Lipinski definition) is 5. The van der Waals surface area contributed by atoms with Gasteiger partial charge in [-0.1, -0.05) is 29.8 Å². The topological polar surface area (TPSA) is 45.4 Å². The fourth-order valence-electron chi connectivity index (χ4n) is 3.39. The molecule has 1 fully saturated rings. The highest BCUT2D eigenvalue weighted by Gasteiger charge is 2.19. The summed E-state index contributed by atoms with van der Waals surface area (Å²) in [7, 11) is 0. The van der Waals surface area contributed by atoms with Crippen molar-refractivity contribution in [3.05, 3.63) is 65.5 Å². The summed E-state index contributed by atoms with van der Waals surface area (Å²) in [5.74, 6) is 1.28. The van der Waals surface area contributed by atoms with E-state index < -0.39 is 0 Å². The first kappa shape index (κ1) is 16.8. The maximum atomic E-state index is 5.88. The Morgan fingerprint density at radius 2 is 1.62 bits per heavy atom. The molecule has 1 aromatic heterocycles. The Hall–Kier alpha value is -2.66. The van der Waals surface area contributed by atoms with Crippen molar-refractivity contribution >= 4 is 5.69 Å². The number of piperazine rings is 1. The number of nitrogens with zero attached hydrogens (tertiary/aromatic N) is 4. The summed E-state index contributed by atoms with van der Waals surface area (Å²) in [6.45, 7) is 8.94. The zero-order valence-electron chi connectivity index (χ0n) is 15.4. The minimum Gasteiger partial charge on any atom is -0.419 e. The van der Waals surface area contributed by atoms with Crippen molar-refractivity contribution in [1.29, 1.82) is 0 Å². The summed E-state index contributed by atoms with van der Waals surface area (Å²) in [5, 5.41) is 8.44. The molecule has 0 atom stereocenters. The first-order valence-electron chi connectivity index (χ1n) is 9.11. The van der Waals surface area contributed by atoms with Gasteiger partial charge in [-0.2, -0.15) is 0 Å². The lowest BCUT2D eigenvalue weighted by molar-refractivity contribution is 0.227. The number of anilines is 1. The van der Waals surface area contributed by atoms with Gasteiger partial charge in [0.2, 0.25) is 11.8 Å². The normalized spacial score (nSPS) is 15.4. The van der Waals surface area contributed by atoms with Crippen LogP contribution in [0, 0.1) is 13.8 Å². The molecule has 1 saturated heterocycles. The summed E-state index contributed by atoms with van der Waals surface area (Å²) in [6.07, 6.45) is 0. The van der Waals surface area contributed by atoms with Crippen molar-refractivity contribution in [3.63, 3.8) is 0 Å². The summed E-state index contributed by atoms with van der Waals surface area (Å²) in [5.41, 5.74) is 4.78. The van der Waals surface area contributed by atoms with E-state index in [0.717, 1.165) is 31.7 Å². The molecule has 0 aliphatic carbocycles. The van der Waals surface area contributed by atoms with Crippen LogP contribution in [-0.2, 0) is 6.54 Å². The second-order valence-corrected chi connectivity index (χ2v) is 6.97. The molecule has 5 nitrogen and oxygen atoms in total. The van der Waals surface area contributed by atoms with Crippen LogP contribution in [0.4, 0.5) is 5.69 Å². The predicted octanol–water partition coefficient (Wildman–Crippen LogP) is 3.68. The van der Waals surface area contributed by atoms with Crippen LogP contribution in [0.25, 0.3) is 11.5 Å². The van der Waals surface area contributed by atoms with Gasteiger partial charge in [0.1, 0.15) is 0 Å². The monoisotopic (exact) mass is 348 g/mol. The molecule has 0 radical (unpaired) electrons. The number of hydrogen-bond donors (Lipinski definition) is 0. The van der Waals surface area contributed by atoms with Crippen molar-refractivity contribution in [3.8, 4) is 11.5 Å². The summed E-state index contributed by atoms with van der Waals surface area (Å²) >= 11 is 0. The Labute approximate surface area is 154 Å². The van der Waals surface area contributed by atoms with Gasteiger partial charge in [0.15, 0.2) is 0 Å². The second kappa shape index (κ2) is 7.30. The van der Waals surface area contributed by atoms with Crippen molar-refractivity contribution < 1.29 is 4.42 Å². The Bertz CT molecular complexity index is 881. The van der Waals surface area contributed by atoms with Gasteiger partial charge in [0.25, 0.3) is 0 Å². The van der Waals surface area contributed by atoms with Gasteiger partial charge < -0.3 is 9.32 Å². The molecular weight excluding hydrogens is 324 g/mol. The Balaban J connectivity index is 1.36. The Kier molecular flexibility index (Phi) is 4.71. The van der Waals surface area contributed by atoms with Gasteiger partial charge in [-0.25, -0.2) is 0 Å². The second-order valence-electron chi connectivity index (χ2n) is 6.97. The van der Waals surface area contributed by atoms with Gasteiger partial charge in [-0.15, -0.1) is 10.2 Å². The van der Waals surface area contributed by atoms with Crippen LogP contribution in [-0.4, -0.2) is 41.3 Å². The molecule has 3 aromatic rings. The van der Waals surface area contributed by atoms with Crippen LogP contribution in [0.2, 0.25) is 0 Å². The molecule has 26 heavy (non-hydrogen) atoms. The molecule has 4 rings (SSSR count). The molecular formula is C21H24N4O. The fourth-order valence-corrected chi connectivity index (χ4v) is 3.39. The standard InChI is InChI=1S/C21H24N4O/c1-16-5-3-7-18(13-16)21-23-22-20(26-21)15-24-9-11-25(12-10-24)19-8-4-6-17(2)14-19/h3-8,13-14H,9-12,15H2,1-2H3. The first-order valence-corrected chi connectivity index (χ1v) is 9.11. The van der Waals surface area contributed by atoms with Crippen molar-refractivity contribution in [2.24, 2.45) is 0 Å². The van der Waals surface area contributed by atoms with Crippen molar-refractivity contribution in [1.82, 2.24) is 15.1 Å². The van der Waals surface area contributed by atoms with E-state index in [1.807, 2.05) is 12.1 Å². The molecule has 134 valence electrons. The van der Waals surface area contributed by atoms with Crippen LogP contribution in [0.3, 0.4) is 0 Å². The maximum absolute atomic E-state index is 5.88. The van der Waals surface area contributed by atoms with Crippen molar-refractivity contribution in [2.75, 3.05) is 31.1 Å². The van der Waals surface area contributed by atoms with Gasteiger partial charge in [-0.3, -0.25) is 4.90 Å². The minimum absolute atomic E-state index is 0.599. The number of benzene rings is 2. The molecule has 0 bridgehead atoms. The number of aryl methyl sites for hydroxylation is 2. The maximum Gasteiger partial charge on any atom is 0.247 e. The van der Waals surface area contributed by atoms with E-state index in [4.69, 9.17) is 4.42 Å². The third-order valence-corrected chi connectivity index (χ3v) is 4.83. The molecule has 0 amide bonds. The van der Waals surface area contributed by atoms with Gasteiger partial charge in [0.05, 0.1) is 6.54 Å². The van der Waals surface area contributed by atoms with Gasteiger partial charge in [0, 0.05) is 37.4 Å². The average molecular weight is 348 g/mol. The molecule has 1 aliphatic heterocycles. The molecule has 0 unspecified atom stereocenters. The predicted molar refractivity (Wildman–Crippen MR) is 103 cm³/mol. The first-order chi connectivity index (χ1) is 12.7. The van der Waals surface area contributed by atoms with Gasteiger partial charge >= 0.3 is 0 Å². The lowest BCUT2D eigenvalue weighted by atomic mass is 10.1. The van der Waals surface area contributed by atoms with Crippen LogP contribution < -0.4 is 4.90 Å². The highest BCUT2D eigenvalue weighted by molar-refractivity contribution is 5.53. The Morgan fingerprint density at radius 3 is 2.35 bits per heavy atom. The lowest BCUT2D eigenvalue weighted by Crippen LogP contribution is -2.46. The SMILES string of the molecule is Cc1cccc(-c2nnc(CN3CCN(c4cccc(C)c4)CC3)o2)c1. The fraction of sp³-hybridized carbons (Fsp3) is 0.333. The van der Waals surface area contributed by atoms with Crippen molar-refractivity contribution in [2.45, 2.75) is 20.4 Å². The quantitative estimate of drug-likeness (QED) is 0.720. The molecule has 5 heteroatoms. The van der Waals surface area contributed by atoms with E-state index in [1.54, 1.807) is 0 Å². The molecule has 1 aliphatic rings. The van der Waals surface area contributed by atoms with E-state index in [0.29, 0.717) is 18.3 Å². The molecule has 2 aromatic carbocycles. The zero-order valence-corrected chi connectivity index (χ0v) is 15.4.